The van der Waals surface area contributed by atoms with E-state index in [-0.39, 0.29) is 0 Å². The molecule has 1 aromatic carbocycles. The summed E-state index contributed by atoms with van der Waals surface area (Å²) in [7, 11) is 3.77. The van der Waals surface area contributed by atoms with E-state index in [1.165, 1.54) is 5.56 Å². The monoisotopic (exact) mass is 241 g/mol. The summed E-state index contributed by atoms with van der Waals surface area (Å²) in [5.74, 6) is 0.739. The number of rotatable bonds is 5. The van der Waals surface area contributed by atoms with Crippen molar-refractivity contribution in [3.05, 3.63) is 28.8 Å². The third-order valence-electron chi connectivity index (χ3n) is 2.85. The Bertz CT molecular complexity index is 339. The molecule has 0 amide bonds. The van der Waals surface area contributed by atoms with E-state index in [0.717, 1.165) is 18.7 Å². The molecule has 0 spiro atoms. The van der Waals surface area contributed by atoms with Gasteiger partial charge in [-0.25, -0.2) is 0 Å². The molecule has 0 aliphatic heterocycles. The Morgan fingerprint density at radius 3 is 2.56 bits per heavy atom. The summed E-state index contributed by atoms with van der Waals surface area (Å²) in [6.07, 6.45) is 1.01. The van der Waals surface area contributed by atoms with Gasteiger partial charge in [0.2, 0.25) is 0 Å². The van der Waals surface area contributed by atoms with Gasteiger partial charge < -0.3 is 9.64 Å². The molecule has 0 aliphatic carbocycles. The van der Waals surface area contributed by atoms with Crippen molar-refractivity contribution < 1.29 is 4.74 Å². The van der Waals surface area contributed by atoms with E-state index in [2.05, 4.69) is 31.9 Å². The summed E-state index contributed by atoms with van der Waals surface area (Å²) in [5.41, 5.74) is 1.25. The Balaban J connectivity index is 2.58. The second kappa shape index (κ2) is 6.12. The number of likely N-dealkylation sites (N-methyl/N-ethyl adjacent to an activating group) is 1. The summed E-state index contributed by atoms with van der Waals surface area (Å²) in [6, 6.07) is 6.55. The number of hydrogen-bond acceptors (Lipinski definition) is 2. The number of methoxy groups -OCH3 is 1. The molecule has 0 heterocycles. The van der Waals surface area contributed by atoms with Gasteiger partial charge in [0, 0.05) is 12.6 Å². The fourth-order valence-corrected chi connectivity index (χ4v) is 1.71. The number of halogens is 1. The molecule has 0 saturated heterocycles. The Kier molecular flexibility index (Phi) is 5.10. The molecule has 0 bridgehead atoms. The van der Waals surface area contributed by atoms with Gasteiger partial charge in [-0.05, 0) is 45.0 Å². The molecular formula is C13H20ClNO. The largest absolute Gasteiger partial charge is 0.495 e. The highest BCUT2D eigenvalue weighted by molar-refractivity contribution is 6.32. The fourth-order valence-electron chi connectivity index (χ4n) is 1.43. The van der Waals surface area contributed by atoms with Gasteiger partial charge in [0.05, 0.1) is 12.1 Å². The van der Waals surface area contributed by atoms with Crippen LogP contribution in [0.2, 0.25) is 5.02 Å². The van der Waals surface area contributed by atoms with E-state index < -0.39 is 0 Å². The van der Waals surface area contributed by atoms with Gasteiger partial charge in [-0.1, -0.05) is 17.7 Å². The van der Waals surface area contributed by atoms with Crippen LogP contribution in [0, 0.1) is 0 Å². The molecule has 0 N–H and O–H groups in total. The number of ether oxygens (including phenoxy) is 1. The van der Waals surface area contributed by atoms with Crippen LogP contribution in [0.15, 0.2) is 18.2 Å². The van der Waals surface area contributed by atoms with Crippen LogP contribution >= 0.6 is 11.6 Å². The third-order valence-corrected chi connectivity index (χ3v) is 3.15. The van der Waals surface area contributed by atoms with E-state index in [1.54, 1.807) is 7.11 Å². The lowest BCUT2D eigenvalue weighted by Gasteiger charge is -2.20. The highest BCUT2D eigenvalue weighted by Gasteiger charge is 2.05. The van der Waals surface area contributed by atoms with Crippen molar-refractivity contribution >= 4 is 11.6 Å². The minimum Gasteiger partial charge on any atom is -0.495 e. The molecule has 0 saturated carbocycles. The summed E-state index contributed by atoms with van der Waals surface area (Å²) < 4.78 is 5.12. The molecule has 0 radical (unpaired) electrons. The van der Waals surface area contributed by atoms with Crippen molar-refractivity contribution in [2.24, 2.45) is 0 Å². The van der Waals surface area contributed by atoms with Crippen LogP contribution in [0.3, 0.4) is 0 Å². The fraction of sp³-hybridized carbons (Fsp3) is 0.538. The van der Waals surface area contributed by atoms with Crippen LogP contribution in [-0.2, 0) is 6.42 Å². The average Bonchev–Trinajstić information content (AvgIpc) is 2.25. The Morgan fingerprint density at radius 2 is 2.06 bits per heavy atom. The molecule has 0 aliphatic rings. The minimum atomic E-state index is 0.578. The summed E-state index contributed by atoms with van der Waals surface area (Å²) >= 11 is 6.07. The van der Waals surface area contributed by atoms with E-state index in [1.807, 2.05) is 12.1 Å². The second-order valence-electron chi connectivity index (χ2n) is 4.29. The lowest BCUT2D eigenvalue weighted by molar-refractivity contribution is 0.277. The summed E-state index contributed by atoms with van der Waals surface area (Å²) in [5, 5.41) is 0.687. The van der Waals surface area contributed by atoms with Crippen molar-refractivity contribution in [2.75, 3.05) is 20.7 Å². The molecule has 0 fully saturated rings. The van der Waals surface area contributed by atoms with Gasteiger partial charge in [-0.15, -0.1) is 0 Å². The van der Waals surface area contributed by atoms with Crippen LogP contribution < -0.4 is 4.74 Å². The van der Waals surface area contributed by atoms with Crippen molar-refractivity contribution in [1.29, 1.82) is 0 Å². The first kappa shape index (κ1) is 13.3. The van der Waals surface area contributed by atoms with E-state index >= 15 is 0 Å². The summed E-state index contributed by atoms with van der Waals surface area (Å²) in [6.45, 7) is 5.43. The molecule has 2 nitrogen and oxygen atoms in total. The maximum Gasteiger partial charge on any atom is 0.137 e. The molecule has 0 unspecified atom stereocenters. The van der Waals surface area contributed by atoms with Gasteiger partial charge >= 0.3 is 0 Å². The zero-order chi connectivity index (χ0) is 12.1. The van der Waals surface area contributed by atoms with Crippen molar-refractivity contribution in [3.63, 3.8) is 0 Å². The predicted molar refractivity (Wildman–Crippen MR) is 69.5 cm³/mol. The smallest absolute Gasteiger partial charge is 0.137 e. The third kappa shape index (κ3) is 3.69. The van der Waals surface area contributed by atoms with Crippen LogP contribution in [0.1, 0.15) is 19.4 Å². The molecule has 90 valence electrons. The first-order valence-corrected chi connectivity index (χ1v) is 5.95. The molecular weight excluding hydrogens is 222 g/mol. The summed E-state index contributed by atoms with van der Waals surface area (Å²) in [4.78, 5) is 2.32. The zero-order valence-electron chi connectivity index (χ0n) is 10.5. The van der Waals surface area contributed by atoms with Gasteiger partial charge in [0.1, 0.15) is 5.75 Å². The maximum atomic E-state index is 6.07. The minimum absolute atomic E-state index is 0.578. The van der Waals surface area contributed by atoms with Crippen LogP contribution in [0.4, 0.5) is 0 Å². The standard InChI is InChI=1S/C13H20ClNO/c1-10(2)15(3)8-7-11-5-6-13(16-4)12(14)9-11/h5-6,9-10H,7-8H2,1-4H3. The predicted octanol–water partition coefficient (Wildman–Crippen LogP) is 3.23. The molecule has 16 heavy (non-hydrogen) atoms. The SMILES string of the molecule is COc1ccc(CCN(C)C(C)C)cc1Cl. The molecule has 0 atom stereocenters. The quantitative estimate of drug-likeness (QED) is 0.785. The number of nitrogens with zero attached hydrogens (tertiary/aromatic N) is 1. The molecule has 1 rings (SSSR count). The topological polar surface area (TPSA) is 12.5 Å². The highest BCUT2D eigenvalue weighted by Crippen LogP contribution is 2.25. The first-order chi connectivity index (χ1) is 7.54. The Hall–Kier alpha value is -0.730. The van der Waals surface area contributed by atoms with E-state index in [0.29, 0.717) is 11.1 Å². The van der Waals surface area contributed by atoms with E-state index in [4.69, 9.17) is 16.3 Å². The Labute approximate surface area is 103 Å². The van der Waals surface area contributed by atoms with Crippen molar-refractivity contribution in [2.45, 2.75) is 26.3 Å². The van der Waals surface area contributed by atoms with Crippen LogP contribution in [0.25, 0.3) is 0 Å². The number of hydrogen-bond donors (Lipinski definition) is 0. The molecule has 0 aromatic heterocycles. The Morgan fingerprint density at radius 1 is 1.38 bits per heavy atom. The van der Waals surface area contributed by atoms with Crippen molar-refractivity contribution in [3.8, 4) is 5.75 Å². The van der Waals surface area contributed by atoms with Gasteiger partial charge in [-0.3, -0.25) is 0 Å². The normalized spacial score (nSPS) is 11.2. The van der Waals surface area contributed by atoms with Gasteiger partial charge in [-0.2, -0.15) is 0 Å². The maximum absolute atomic E-state index is 6.07. The first-order valence-electron chi connectivity index (χ1n) is 5.57. The van der Waals surface area contributed by atoms with Crippen molar-refractivity contribution in [1.82, 2.24) is 4.90 Å². The van der Waals surface area contributed by atoms with E-state index in [9.17, 15) is 0 Å². The molecule has 3 heteroatoms. The lowest BCUT2D eigenvalue weighted by Crippen LogP contribution is -2.28. The highest BCUT2D eigenvalue weighted by atomic mass is 35.5. The zero-order valence-corrected chi connectivity index (χ0v) is 11.2. The van der Waals surface area contributed by atoms with Crippen LogP contribution in [-0.4, -0.2) is 31.6 Å². The van der Waals surface area contributed by atoms with Crippen LogP contribution in [0.5, 0.6) is 5.75 Å². The average molecular weight is 242 g/mol. The lowest BCUT2D eigenvalue weighted by atomic mass is 10.1. The van der Waals surface area contributed by atoms with Gasteiger partial charge in [0.25, 0.3) is 0 Å². The van der Waals surface area contributed by atoms with Gasteiger partial charge in [0.15, 0.2) is 0 Å². The molecule has 1 aromatic rings. The number of benzene rings is 1. The second-order valence-corrected chi connectivity index (χ2v) is 4.70.